The molecule has 2 aromatic heterocycles. The Balaban J connectivity index is 0.00000241. The van der Waals surface area contributed by atoms with E-state index >= 15 is 0 Å². The van der Waals surface area contributed by atoms with Gasteiger partial charge in [-0.3, -0.25) is 19.8 Å². The summed E-state index contributed by atoms with van der Waals surface area (Å²) >= 11 is 5.18. The van der Waals surface area contributed by atoms with Crippen molar-refractivity contribution < 1.29 is 91.6 Å². The molecule has 37 heavy (non-hydrogen) atoms. The van der Waals surface area contributed by atoms with Crippen molar-refractivity contribution in [3.8, 4) is 0 Å². The number of carbonyl (C=O) groups excluding carboxylic acids is 3. The van der Waals surface area contributed by atoms with Crippen LogP contribution in [-0.2, 0) is 37.5 Å². The molecule has 0 bridgehead atoms. The Hall–Kier alpha value is -0.0200. The second-order valence-corrected chi connectivity index (χ2v) is 13.2. The fourth-order valence-corrected chi connectivity index (χ4v) is 7.78. The molecule has 0 radical (unpaired) electrons. The Labute approximate surface area is 273 Å². The standard InChI is InChI=1S/C18H19N5O7S5.2Na/c24-11(4-10-2-1-3-31-10)20-13-15(25)23-14(17(26)27)9(6-32-16(13)23)7-33-18-22-21-12(34-18)5-19-8-35(28,29)30;;/h1-3,13,16,19H,4-8H2,(H,20,24)(H,26,27)(H,28,29,30);;/q;2*+1/p-2/t13?,16-;;/m0../s1. The third-order valence-corrected chi connectivity index (χ3v) is 9.76. The van der Waals surface area contributed by atoms with Crippen LogP contribution in [-0.4, -0.2) is 74.6 Å². The fourth-order valence-electron chi connectivity index (χ4n) is 3.38. The summed E-state index contributed by atoms with van der Waals surface area (Å²) in [6.45, 7) is 0.0477. The van der Waals surface area contributed by atoms with Crippen molar-refractivity contribution in [2.75, 3.05) is 17.4 Å². The van der Waals surface area contributed by atoms with Crippen molar-refractivity contribution >= 4 is 74.1 Å². The monoisotopic (exact) mass is 621 g/mol. The van der Waals surface area contributed by atoms with Gasteiger partial charge in [-0.15, -0.1) is 33.3 Å². The number of thiophene rings is 1. The number of β-lactam (4-membered cyclic amide) rings is 1. The van der Waals surface area contributed by atoms with E-state index in [4.69, 9.17) is 0 Å². The molecule has 1 unspecified atom stereocenters. The van der Waals surface area contributed by atoms with Crippen LogP contribution in [0.2, 0.25) is 0 Å². The first kappa shape index (κ1) is 33.2. The van der Waals surface area contributed by atoms with Gasteiger partial charge >= 0.3 is 59.1 Å². The molecule has 12 nitrogen and oxygen atoms in total. The summed E-state index contributed by atoms with van der Waals surface area (Å²) in [6.07, 6.45) is 0.149. The number of nitrogens with one attached hydrogen (secondary N) is 2. The second kappa shape index (κ2) is 14.6. The normalized spacial score (nSPS) is 18.8. The first-order chi connectivity index (χ1) is 16.6. The third kappa shape index (κ3) is 8.73. The van der Waals surface area contributed by atoms with Crippen molar-refractivity contribution in [1.29, 1.82) is 0 Å². The quantitative estimate of drug-likeness (QED) is 0.105. The van der Waals surface area contributed by atoms with Gasteiger partial charge in [0.05, 0.1) is 30.5 Å². The molecule has 0 aromatic carbocycles. The molecule has 0 saturated carbocycles. The van der Waals surface area contributed by atoms with E-state index in [1.54, 1.807) is 0 Å². The molecule has 188 valence electrons. The molecular formula is C18H17N5Na2O7S5. The molecule has 1 saturated heterocycles. The zero-order valence-electron chi connectivity index (χ0n) is 19.7. The number of thioether (sulfide) groups is 2. The minimum atomic E-state index is -4.39. The van der Waals surface area contributed by atoms with Crippen molar-refractivity contribution in [3.05, 3.63) is 38.7 Å². The fraction of sp³-hybridized carbons (Fsp3) is 0.389. The van der Waals surface area contributed by atoms with Crippen LogP contribution >= 0.6 is 46.2 Å². The summed E-state index contributed by atoms with van der Waals surface area (Å²) in [7, 11) is -4.39. The summed E-state index contributed by atoms with van der Waals surface area (Å²) in [5.41, 5.74) is 0.294. The van der Waals surface area contributed by atoms with Gasteiger partial charge in [-0.2, -0.15) is 0 Å². The number of aromatic nitrogens is 2. The molecule has 2 aliphatic rings. The van der Waals surface area contributed by atoms with Crippen molar-refractivity contribution in [2.24, 2.45) is 0 Å². The van der Waals surface area contributed by atoms with Crippen molar-refractivity contribution in [3.63, 3.8) is 0 Å². The molecule has 4 heterocycles. The molecular weight excluding hydrogens is 605 g/mol. The number of nitrogens with zero attached hydrogens (tertiary/aromatic N) is 3. The van der Waals surface area contributed by atoms with Crippen LogP contribution in [0.1, 0.15) is 9.88 Å². The number of hydrogen-bond donors (Lipinski definition) is 2. The van der Waals surface area contributed by atoms with Gasteiger partial charge in [0.1, 0.15) is 26.5 Å². The van der Waals surface area contributed by atoms with Gasteiger partial charge in [0, 0.05) is 16.4 Å². The van der Waals surface area contributed by atoms with Crippen LogP contribution in [0.15, 0.2) is 33.1 Å². The predicted octanol–water partition coefficient (Wildman–Crippen LogP) is -7.06. The smallest absolute Gasteiger partial charge is 0.747 e. The molecule has 1 fully saturated rings. The minimum absolute atomic E-state index is 0. The topological polar surface area (TPSA) is 185 Å². The van der Waals surface area contributed by atoms with Crippen LogP contribution in [0.25, 0.3) is 0 Å². The van der Waals surface area contributed by atoms with Crippen LogP contribution < -0.4 is 74.9 Å². The first-order valence-corrected chi connectivity index (χ1v) is 15.2. The van der Waals surface area contributed by atoms with Crippen LogP contribution in [0.5, 0.6) is 0 Å². The second-order valence-electron chi connectivity index (χ2n) is 7.33. The molecule has 2 aliphatic heterocycles. The molecule has 4 rings (SSSR count). The van der Waals surface area contributed by atoms with E-state index in [1.165, 1.54) is 46.2 Å². The Kier molecular flexibility index (Phi) is 13.1. The number of amides is 2. The Bertz CT molecular complexity index is 1270. The molecule has 2 aromatic rings. The van der Waals surface area contributed by atoms with E-state index in [2.05, 4.69) is 20.8 Å². The molecule has 2 N–H and O–H groups in total. The van der Waals surface area contributed by atoms with Crippen LogP contribution in [0, 0.1) is 0 Å². The van der Waals surface area contributed by atoms with Gasteiger partial charge in [-0.1, -0.05) is 29.2 Å². The van der Waals surface area contributed by atoms with Gasteiger partial charge in [-0.05, 0) is 17.0 Å². The van der Waals surface area contributed by atoms with Crippen LogP contribution in [0.4, 0.5) is 0 Å². The maximum atomic E-state index is 12.7. The minimum Gasteiger partial charge on any atom is -0.747 e. The Morgan fingerprint density at radius 3 is 2.68 bits per heavy atom. The van der Waals surface area contributed by atoms with E-state index in [0.717, 1.165) is 9.78 Å². The molecule has 2 amide bonds. The molecule has 0 spiro atoms. The van der Waals surface area contributed by atoms with E-state index in [1.807, 2.05) is 17.5 Å². The molecule has 2 atom stereocenters. The largest absolute Gasteiger partial charge is 1.00 e. The Morgan fingerprint density at radius 2 is 2.03 bits per heavy atom. The molecule has 0 aliphatic carbocycles. The van der Waals surface area contributed by atoms with Gasteiger partial charge in [0.15, 0.2) is 4.34 Å². The number of hydrogen-bond acceptors (Lipinski definition) is 14. The maximum Gasteiger partial charge on any atom is 1.00 e. The molecule has 19 heteroatoms. The van der Waals surface area contributed by atoms with Crippen molar-refractivity contribution in [2.45, 2.75) is 28.7 Å². The van der Waals surface area contributed by atoms with Gasteiger partial charge in [0.25, 0.3) is 5.91 Å². The third-order valence-electron chi connectivity index (χ3n) is 4.85. The Morgan fingerprint density at radius 1 is 1.27 bits per heavy atom. The summed E-state index contributed by atoms with van der Waals surface area (Å²) in [6, 6.07) is 2.86. The summed E-state index contributed by atoms with van der Waals surface area (Å²) in [5.74, 6) is -2.45. The number of fused-ring (bicyclic) bond motifs is 1. The van der Waals surface area contributed by atoms with E-state index in [9.17, 15) is 32.5 Å². The van der Waals surface area contributed by atoms with Crippen molar-refractivity contribution in [1.82, 2.24) is 25.7 Å². The number of rotatable bonds is 11. The maximum absolute atomic E-state index is 12.7. The SMILES string of the molecule is O=C(Cc1cccs1)NC1C(=O)N2C(C(=O)[O-])=C(CSc3nnc(CNCS(=O)(=O)[O-])s3)CS[C@@H]12.[Na+].[Na+]. The summed E-state index contributed by atoms with van der Waals surface area (Å²) in [4.78, 5) is 38.9. The number of carboxylic acids is 1. The van der Waals surface area contributed by atoms with E-state index in [-0.39, 0.29) is 89.4 Å². The number of carbonyl (C=O) groups is 3. The van der Waals surface area contributed by atoms with E-state index in [0.29, 0.717) is 20.7 Å². The summed E-state index contributed by atoms with van der Waals surface area (Å²) in [5, 5.41) is 26.7. The van der Waals surface area contributed by atoms with Gasteiger partial charge < -0.3 is 19.8 Å². The zero-order valence-corrected chi connectivity index (χ0v) is 27.7. The summed E-state index contributed by atoms with van der Waals surface area (Å²) < 4.78 is 32.4. The average molecular weight is 622 g/mol. The van der Waals surface area contributed by atoms with Gasteiger partial charge in [0.2, 0.25) is 5.91 Å². The average Bonchev–Trinajstić information content (AvgIpc) is 3.46. The van der Waals surface area contributed by atoms with Crippen LogP contribution in [0.3, 0.4) is 0 Å². The van der Waals surface area contributed by atoms with Gasteiger partial charge in [-0.25, -0.2) is 8.42 Å². The zero-order chi connectivity index (χ0) is 25.2. The number of carboxylic acid groups (broad SMARTS) is 1. The first-order valence-electron chi connectivity index (χ1n) is 9.91. The van der Waals surface area contributed by atoms with E-state index < -0.39 is 39.3 Å². The number of aliphatic carboxylic acids is 1. The predicted molar refractivity (Wildman–Crippen MR) is 127 cm³/mol.